The maximum absolute atomic E-state index is 9.31. The van der Waals surface area contributed by atoms with Gasteiger partial charge in [-0.3, -0.25) is 0 Å². The highest BCUT2D eigenvalue weighted by Crippen LogP contribution is 2.22. The van der Waals surface area contributed by atoms with Crippen LogP contribution in [0.1, 0.15) is 24.2 Å². The van der Waals surface area contributed by atoms with Crippen LogP contribution in [0, 0.1) is 0 Å². The number of thioether (sulfide) groups is 1. The number of aromatic nitrogens is 2. The minimum Gasteiger partial charge on any atom is -0.392 e. The monoisotopic (exact) mass is 215 g/mol. The Morgan fingerprint density at radius 1 is 1.71 bits per heavy atom. The standard InChI is InChI=1S/C8H13N3O2S/c1-14-4-7-10-8(13-11-7)6-2-5(12)3-9-6/h5-6,9,12H,2-4H2,1H3/t5-,6+/m1/s1. The molecule has 1 aliphatic rings. The van der Waals surface area contributed by atoms with Crippen LogP contribution in [0.5, 0.6) is 0 Å². The summed E-state index contributed by atoms with van der Waals surface area (Å²) < 4.78 is 5.10. The molecule has 1 saturated heterocycles. The zero-order valence-corrected chi connectivity index (χ0v) is 8.75. The number of aliphatic hydroxyl groups is 1. The molecular formula is C8H13N3O2S. The van der Waals surface area contributed by atoms with Crippen LogP contribution in [0.3, 0.4) is 0 Å². The molecule has 2 rings (SSSR count). The maximum Gasteiger partial charge on any atom is 0.243 e. The Kier molecular flexibility index (Phi) is 3.05. The van der Waals surface area contributed by atoms with Crippen molar-refractivity contribution in [3.8, 4) is 0 Å². The number of hydrogen-bond acceptors (Lipinski definition) is 6. The van der Waals surface area contributed by atoms with Gasteiger partial charge in [-0.25, -0.2) is 0 Å². The summed E-state index contributed by atoms with van der Waals surface area (Å²) in [5.41, 5.74) is 0. The molecule has 1 aliphatic heterocycles. The average molecular weight is 215 g/mol. The van der Waals surface area contributed by atoms with Crippen LogP contribution in [0.4, 0.5) is 0 Å². The van der Waals surface area contributed by atoms with E-state index in [2.05, 4.69) is 15.5 Å². The van der Waals surface area contributed by atoms with Crippen molar-refractivity contribution in [2.24, 2.45) is 0 Å². The van der Waals surface area contributed by atoms with Crippen molar-refractivity contribution in [2.75, 3.05) is 12.8 Å². The second-order valence-corrected chi connectivity index (χ2v) is 4.20. The van der Waals surface area contributed by atoms with Crippen LogP contribution >= 0.6 is 11.8 Å². The highest BCUT2D eigenvalue weighted by molar-refractivity contribution is 7.97. The molecule has 1 aromatic rings. The van der Waals surface area contributed by atoms with E-state index in [1.54, 1.807) is 11.8 Å². The first-order valence-corrected chi connectivity index (χ1v) is 5.92. The minimum atomic E-state index is -0.295. The fourth-order valence-corrected chi connectivity index (χ4v) is 1.88. The molecule has 1 aromatic heterocycles. The van der Waals surface area contributed by atoms with Gasteiger partial charge in [0.05, 0.1) is 17.9 Å². The molecule has 2 heterocycles. The average Bonchev–Trinajstić information content (AvgIpc) is 2.74. The van der Waals surface area contributed by atoms with E-state index < -0.39 is 0 Å². The fraction of sp³-hybridized carbons (Fsp3) is 0.750. The van der Waals surface area contributed by atoms with Gasteiger partial charge in [0.15, 0.2) is 5.82 Å². The first-order chi connectivity index (χ1) is 6.79. The molecule has 78 valence electrons. The molecule has 0 aliphatic carbocycles. The van der Waals surface area contributed by atoms with Gasteiger partial charge in [0.1, 0.15) is 0 Å². The number of β-amino-alcohol motifs (C(OH)–C–C–N with tert-alkyl or cyclic N) is 1. The molecule has 0 radical (unpaired) electrons. The first-order valence-electron chi connectivity index (χ1n) is 4.52. The second kappa shape index (κ2) is 4.29. The number of nitrogens with one attached hydrogen (secondary N) is 1. The fourth-order valence-electron chi connectivity index (χ4n) is 1.50. The molecule has 0 bridgehead atoms. The van der Waals surface area contributed by atoms with Crippen molar-refractivity contribution in [2.45, 2.75) is 24.3 Å². The third-order valence-electron chi connectivity index (χ3n) is 2.16. The summed E-state index contributed by atoms with van der Waals surface area (Å²) in [6, 6.07) is 0.0214. The summed E-state index contributed by atoms with van der Waals surface area (Å²) in [5.74, 6) is 2.07. The molecule has 0 amide bonds. The molecule has 2 atom stereocenters. The largest absolute Gasteiger partial charge is 0.392 e. The second-order valence-electron chi connectivity index (χ2n) is 3.33. The summed E-state index contributed by atoms with van der Waals surface area (Å²) in [6.07, 6.45) is 2.35. The van der Waals surface area contributed by atoms with Crippen LogP contribution in [-0.4, -0.2) is 34.2 Å². The topological polar surface area (TPSA) is 71.2 Å². The normalized spacial score (nSPS) is 27.0. The Morgan fingerprint density at radius 3 is 3.21 bits per heavy atom. The van der Waals surface area contributed by atoms with Crippen molar-refractivity contribution >= 4 is 11.8 Å². The Hall–Kier alpha value is -0.590. The number of nitrogens with zero attached hydrogens (tertiary/aromatic N) is 2. The van der Waals surface area contributed by atoms with E-state index in [1.165, 1.54) is 0 Å². The predicted molar refractivity (Wildman–Crippen MR) is 52.9 cm³/mol. The Balaban J connectivity index is 2.02. The van der Waals surface area contributed by atoms with E-state index >= 15 is 0 Å². The molecule has 6 heteroatoms. The van der Waals surface area contributed by atoms with E-state index in [9.17, 15) is 5.11 Å². The van der Waals surface area contributed by atoms with Crippen LogP contribution in [0.2, 0.25) is 0 Å². The third-order valence-corrected chi connectivity index (χ3v) is 2.71. The quantitative estimate of drug-likeness (QED) is 0.757. The summed E-state index contributed by atoms with van der Waals surface area (Å²) in [7, 11) is 0. The summed E-state index contributed by atoms with van der Waals surface area (Å²) in [4.78, 5) is 4.24. The zero-order chi connectivity index (χ0) is 9.97. The summed E-state index contributed by atoms with van der Waals surface area (Å²) in [6.45, 7) is 0.602. The SMILES string of the molecule is CSCc1noc([C@@H]2C[C@@H](O)CN2)n1. The van der Waals surface area contributed by atoms with Gasteiger partial charge in [0.25, 0.3) is 0 Å². The lowest BCUT2D eigenvalue weighted by Gasteiger charge is -2.01. The maximum atomic E-state index is 9.31. The Bertz CT molecular complexity index is 305. The van der Waals surface area contributed by atoms with Gasteiger partial charge < -0.3 is 14.9 Å². The molecule has 1 fully saturated rings. The highest BCUT2D eigenvalue weighted by atomic mass is 32.2. The predicted octanol–water partition coefficient (Wildman–Crippen LogP) is 0.328. The van der Waals surface area contributed by atoms with E-state index in [-0.39, 0.29) is 12.1 Å². The number of hydrogen-bond donors (Lipinski definition) is 2. The molecular weight excluding hydrogens is 202 g/mol. The summed E-state index contributed by atoms with van der Waals surface area (Å²) >= 11 is 1.66. The zero-order valence-electron chi connectivity index (χ0n) is 7.93. The smallest absolute Gasteiger partial charge is 0.243 e. The van der Waals surface area contributed by atoms with Gasteiger partial charge in [-0.05, 0) is 12.7 Å². The van der Waals surface area contributed by atoms with Crippen molar-refractivity contribution in [1.29, 1.82) is 0 Å². The van der Waals surface area contributed by atoms with Crippen molar-refractivity contribution in [1.82, 2.24) is 15.5 Å². The number of aliphatic hydroxyl groups excluding tert-OH is 1. The molecule has 14 heavy (non-hydrogen) atoms. The Morgan fingerprint density at radius 2 is 2.57 bits per heavy atom. The van der Waals surface area contributed by atoms with Crippen LogP contribution in [-0.2, 0) is 5.75 Å². The Labute approximate surface area is 86.3 Å². The van der Waals surface area contributed by atoms with E-state index in [1.807, 2.05) is 6.26 Å². The van der Waals surface area contributed by atoms with Gasteiger partial charge in [0.2, 0.25) is 5.89 Å². The first kappa shape index (κ1) is 9.95. The van der Waals surface area contributed by atoms with E-state index in [0.717, 1.165) is 11.6 Å². The molecule has 0 aromatic carbocycles. The van der Waals surface area contributed by atoms with Gasteiger partial charge in [-0.1, -0.05) is 5.16 Å². The van der Waals surface area contributed by atoms with Crippen LogP contribution in [0.15, 0.2) is 4.52 Å². The van der Waals surface area contributed by atoms with E-state index in [4.69, 9.17) is 4.52 Å². The van der Waals surface area contributed by atoms with Crippen molar-refractivity contribution in [3.05, 3.63) is 11.7 Å². The molecule has 5 nitrogen and oxygen atoms in total. The summed E-state index contributed by atoms with van der Waals surface area (Å²) in [5, 5.41) is 16.3. The van der Waals surface area contributed by atoms with Crippen molar-refractivity contribution in [3.63, 3.8) is 0 Å². The van der Waals surface area contributed by atoms with Crippen LogP contribution in [0.25, 0.3) is 0 Å². The molecule has 2 N–H and O–H groups in total. The van der Waals surface area contributed by atoms with Gasteiger partial charge in [-0.15, -0.1) is 0 Å². The van der Waals surface area contributed by atoms with Gasteiger partial charge in [-0.2, -0.15) is 16.7 Å². The molecule has 0 saturated carbocycles. The molecule has 0 unspecified atom stereocenters. The minimum absolute atomic E-state index is 0.0214. The van der Waals surface area contributed by atoms with Crippen LogP contribution < -0.4 is 5.32 Å². The lowest BCUT2D eigenvalue weighted by atomic mass is 10.2. The lowest BCUT2D eigenvalue weighted by molar-refractivity contribution is 0.191. The van der Waals surface area contributed by atoms with Gasteiger partial charge >= 0.3 is 0 Å². The van der Waals surface area contributed by atoms with Gasteiger partial charge in [0, 0.05) is 6.54 Å². The van der Waals surface area contributed by atoms with Crippen molar-refractivity contribution < 1.29 is 9.63 Å². The highest BCUT2D eigenvalue weighted by Gasteiger charge is 2.27. The van der Waals surface area contributed by atoms with E-state index in [0.29, 0.717) is 18.9 Å². The molecule has 0 spiro atoms. The lowest BCUT2D eigenvalue weighted by Crippen LogP contribution is -2.15. The third kappa shape index (κ3) is 2.08. The number of rotatable bonds is 3.